The van der Waals surface area contributed by atoms with Gasteiger partial charge in [0.15, 0.2) is 0 Å². The summed E-state index contributed by atoms with van der Waals surface area (Å²) in [6, 6.07) is 23.1. The van der Waals surface area contributed by atoms with Gasteiger partial charge in [-0.3, -0.25) is 0 Å². The summed E-state index contributed by atoms with van der Waals surface area (Å²) in [5.74, 6) is 0.625. The maximum atomic E-state index is 13.1. The number of ether oxygens (including phenoxy) is 1. The molecule has 0 radical (unpaired) electrons. The van der Waals surface area contributed by atoms with E-state index in [1.807, 2.05) is 12.1 Å². The average molecular weight is 413 g/mol. The van der Waals surface area contributed by atoms with Crippen LogP contribution < -0.4 is 22.5 Å². The van der Waals surface area contributed by atoms with Crippen molar-refractivity contribution < 1.29 is 21.5 Å². The molecule has 4 rings (SSSR count). The molecule has 0 aliphatic carbocycles. The molecule has 0 saturated heterocycles. The Morgan fingerprint density at radius 3 is 2.46 bits per heavy atom. The molecule has 1 N–H and O–H groups in total. The topological polar surface area (TPSA) is 21.3 Å². The molecule has 0 saturated carbocycles. The molecule has 0 fully saturated rings. The molecule has 4 aromatic rings. The van der Waals surface area contributed by atoms with Crippen LogP contribution in [0.2, 0.25) is 0 Å². The predicted octanol–water partition coefficient (Wildman–Crippen LogP) is 2.91. The number of halogens is 2. The van der Waals surface area contributed by atoms with E-state index in [-0.39, 0.29) is 18.2 Å². The maximum absolute atomic E-state index is 13.1. The Bertz CT molecular complexity index is 1020. The van der Waals surface area contributed by atoms with Crippen LogP contribution in [-0.4, -0.2) is 0 Å². The molecule has 5 heteroatoms. The molecular formula is C23H20ClFNOS-. The third-order valence-corrected chi connectivity index (χ3v) is 5.36. The second-order valence-corrected chi connectivity index (χ2v) is 7.39. The van der Waals surface area contributed by atoms with Crippen LogP contribution in [0.15, 0.2) is 78.2 Å². The molecule has 0 atom stereocenters. The van der Waals surface area contributed by atoms with Crippen molar-refractivity contribution in [3.63, 3.8) is 0 Å². The monoisotopic (exact) mass is 412 g/mol. The van der Waals surface area contributed by atoms with E-state index in [2.05, 4.69) is 47.1 Å². The maximum Gasteiger partial charge on any atom is 0.124 e. The Kier molecular flexibility index (Phi) is 7.04. The third kappa shape index (κ3) is 4.90. The highest BCUT2D eigenvalue weighted by Crippen LogP contribution is 2.29. The molecule has 0 spiro atoms. The molecule has 0 aliphatic rings. The van der Waals surface area contributed by atoms with Gasteiger partial charge in [-0.2, -0.15) is 0 Å². The van der Waals surface area contributed by atoms with Gasteiger partial charge < -0.3 is 22.5 Å². The summed E-state index contributed by atoms with van der Waals surface area (Å²) in [7, 11) is 0. The first-order valence-corrected chi connectivity index (χ1v) is 9.78. The summed E-state index contributed by atoms with van der Waals surface area (Å²) in [5.41, 5.74) is 2.09. The molecule has 28 heavy (non-hydrogen) atoms. The van der Waals surface area contributed by atoms with E-state index >= 15 is 0 Å². The van der Waals surface area contributed by atoms with Crippen molar-refractivity contribution in [2.45, 2.75) is 19.7 Å². The Morgan fingerprint density at radius 2 is 1.68 bits per heavy atom. The molecule has 1 aromatic heterocycles. The number of benzene rings is 3. The standard InChI is InChI=1S/C23H20FNOS.ClH/c24-19-10-7-17(8-11-19)16-26-23-12-9-18-4-1-2-6-21(18)22(23)15-25-14-20-5-3-13-27-20;/h1-13,25H,14-16H2;1H/p-1. The van der Waals surface area contributed by atoms with E-state index in [9.17, 15) is 4.39 Å². The lowest BCUT2D eigenvalue weighted by Gasteiger charge is -2.15. The lowest BCUT2D eigenvalue weighted by atomic mass is 10.0. The number of thiophene rings is 1. The van der Waals surface area contributed by atoms with Gasteiger partial charge in [-0.25, -0.2) is 4.39 Å². The minimum Gasteiger partial charge on any atom is -1.00 e. The highest BCUT2D eigenvalue weighted by molar-refractivity contribution is 7.09. The van der Waals surface area contributed by atoms with Gasteiger partial charge in [-0.05, 0) is 46.0 Å². The van der Waals surface area contributed by atoms with Crippen LogP contribution in [0, 0.1) is 5.82 Å². The largest absolute Gasteiger partial charge is 1.00 e. The number of hydrogen-bond acceptors (Lipinski definition) is 3. The quantitative estimate of drug-likeness (QED) is 0.504. The van der Waals surface area contributed by atoms with E-state index < -0.39 is 0 Å². The van der Waals surface area contributed by atoms with Crippen molar-refractivity contribution in [2.75, 3.05) is 0 Å². The van der Waals surface area contributed by atoms with E-state index in [0.29, 0.717) is 6.61 Å². The zero-order chi connectivity index (χ0) is 18.5. The van der Waals surface area contributed by atoms with Crippen molar-refractivity contribution >= 4 is 22.1 Å². The zero-order valence-electron chi connectivity index (χ0n) is 15.2. The first kappa shape index (κ1) is 20.3. The zero-order valence-corrected chi connectivity index (χ0v) is 16.8. The van der Waals surface area contributed by atoms with Gasteiger partial charge in [-0.15, -0.1) is 11.3 Å². The van der Waals surface area contributed by atoms with Crippen molar-refractivity contribution in [3.05, 3.63) is 100.0 Å². The number of hydrogen-bond donors (Lipinski definition) is 1. The molecule has 1 heterocycles. The summed E-state index contributed by atoms with van der Waals surface area (Å²) in [6.45, 7) is 1.97. The molecule has 0 bridgehead atoms. The number of fused-ring (bicyclic) bond motifs is 1. The summed E-state index contributed by atoms with van der Waals surface area (Å²) in [6.07, 6.45) is 0. The molecule has 0 amide bonds. The van der Waals surface area contributed by atoms with Gasteiger partial charge in [0, 0.05) is 23.5 Å². The lowest BCUT2D eigenvalue weighted by Crippen LogP contribution is -3.00. The van der Waals surface area contributed by atoms with Crippen LogP contribution in [0.4, 0.5) is 4.39 Å². The molecular weight excluding hydrogens is 393 g/mol. The highest BCUT2D eigenvalue weighted by Gasteiger charge is 2.09. The van der Waals surface area contributed by atoms with E-state index in [0.717, 1.165) is 30.0 Å². The predicted molar refractivity (Wildman–Crippen MR) is 110 cm³/mol. The second-order valence-electron chi connectivity index (χ2n) is 6.36. The molecule has 2 nitrogen and oxygen atoms in total. The minimum atomic E-state index is -0.233. The second kappa shape index (κ2) is 9.69. The fourth-order valence-electron chi connectivity index (χ4n) is 3.10. The first-order chi connectivity index (χ1) is 13.3. The van der Waals surface area contributed by atoms with Gasteiger partial charge in [0.25, 0.3) is 0 Å². The van der Waals surface area contributed by atoms with E-state index in [4.69, 9.17) is 4.74 Å². The van der Waals surface area contributed by atoms with Crippen molar-refractivity contribution in [1.82, 2.24) is 5.32 Å². The van der Waals surface area contributed by atoms with Crippen LogP contribution in [-0.2, 0) is 19.7 Å². The molecule has 144 valence electrons. The van der Waals surface area contributed by atoms with Crippen molar-refractivity contribution in [3.8, 4) is 5.75 Å². The van der Waals surface area contributed by atoms with Crippen LogP contribution in [0.25, 0.3) is 10.8 Å². The van der Waals surface area contributed by atoms with Crippen molar-refractivity contribution in [2.24, 2.45) is 0 Å². The minimum absolute atomic E-state index is 0. The summed E-state index contributed by atoms with van der Waals surface area (Å²) in [5, 5.41) is 7.99. The number of rotatable bonds is 7. The SMILES string of the molecule is Fc1ccc(COc2ccc3ccccc3c2CNCc2cccs2)cc1.[Cl-]. The van der Waals surface area contributed by atoms with Gasteiger partial charge in [-0.1, -0.05) is 48.5 Å². The van der Waals surface area contributed by atoms with Crippen LogP contribution in [0.3, 0.4) is 0 Å². The van der Waals surface area contributed by atoms with Gasteiger partial charge in [0.2, 0.25) is 0 Å². The molecule has 0 aliphatic heterocycles. The van der Waals surface area contributed by atoms with Gasteiger partial charge in [0.1, 0.15) is 18.2 Å². The molecule has 0 unspecified atom stereocenters. The average Bonchev–Trinajstić information content (AvgIpc) is 3.22. The summed E-state index contributed by atoms with van der Waals surface area (Å²) < 4.78 is 19.2. The van der Waals surface area contributed by atoms with Crippen LogP contribution in [0.1, 0.15) is 16.0 Å². The Hall–Kier alpha value is -2.40. The Balaban J connectivity index is 0.00000225. The highest BCUT2D eigenvalue weighted by atomic mass is 35.5. The molecule has 3 aromatic carbocycles. The normalized spacial score (nSPS) is 10.6. The summed E-state index contributed by atoms with van der Waals surface area (Å²) in [4.78, 5) is 1.31. The van der Waals surface area contributed by atoms with E-state index in [1.54, 1.807) is 23.5 Å². The third-order valence-electron chi connectivity index (χ3n) is 4.49. The summed E-state index contributed by atoms with van der Waals surface area (Å²) >= 11 is 1.75. The van der Waals surface area contributed by atoms with Crippen LogP contribution >= 0.6 is 11.3 Å². The fraction of sp³-hybridized carbons (Fsp3) is 0.130. The van der Waals surface area contributed by atoms with Gasteiger partial charge >= 0.3 is 0 Å². The van der Waals surface area contributed by atoms with Crippen molar-refractivity contribution in [1.29, 1.82) is 0 Å². The Labute approximate surface area is 174 Å². The Morgan fingerprint density at radius 1 is 0.857 bits per heavy atom. The van der Waals surface area contributed by atoms with E-state index in [1.165, 1.54) is 27.8 Å². The smallest absolute Gasteiger partial charge is 0.124 e. The number of nitrogens with one attached hydrogen (secondary N) is 1. The lowest BCUT2D eigenvalue weighted by molar-refractivity contribution is -0.00000620. The van der Waals surface area contributed by atoms with Gasteiger partial charge in [0.05, 0.1) is 0 Å². The van der Waals surface area contributed by atoms with Crippen LogP contribution in [0.5, 0.6) is 5.75 Å². The first-order valence-electron chi connectivity index (χ1n) is 8.90. The fourth-order valence-corrected chi connectivity index (χ4v) is 3.77.